The summed E-state index contributed by atoms with van der Waals surface area (Å²) in [6.45, 7) is 0. The van der Waals surface area contributed by atoms with Gasteiger partial charge in [0.25, 0.3) is 0 Å². The van der Waals surface area contributed by atoms with E-state index >= 15 is 0 Å². The van der Waals surface area contributed by atoms with Gasteiger partial charge in [0.15, 0.2) is 5.65 Å². The first kappa shape index (κ1) is 13.6. The van der Waals surface area contributed by atoms with E-state index in [1.54, 1.807) is 16.7 Å². The van der Waals surface area contributed by atoms with Gasteiger partial charge >= 0.3 is 0 Å². The van der Waals surface area contributed by atoms with E-state index in [2.05, 4.69) is 16.0 Å². The Bertz CT molecular complexity index is 1110. The Kier molecular flexibility index (Phi) is 2.93. The topological polar surface area (TPSA) is 80.5 Å². The third kappa shape index (κ3) is 2.00. The minimum atomic E-state index is 0.306. The van der Waals surface area contributed by atoms with Crippen LogP contribution in [0.1, 0.15) is 5.56 Å². The molecular weight excluding hydrogens is 310 g/mol. The summed E-state index contributed by atoms with van der Waals surface area (Å²) in [5.41, 5.74) is 9.74. The molecule has 2 aromatic carbocycles. The number of nitrogens with two attached hydrogens (primary N) is 1. The van der Waals surface area contributed by atoms with Crippen molar-refractivity contribution in [2.24, 2.45) is 0 Å². The number of fused-ring (bicyclic) bond motifs is 2. The summed E-state index contributed by atoms with van der Waals surface area (Å²) < 4.78 is 1.71. The van der Waals surface area contributed by atoms with Crippen molar-refractivity contribution < 1.29 is 0 Å². The summed E-state index contributed by atoms with van der Waals surface area (Å²) in [4.78, 5) is 9.20. The van der Waals surface area contributed by atoms with Crippen LogP contribution in [0, 0.1) is 11.3 Å². The third-order valence-electron chi connectivity index (χ3n) is 3.68. The molecule has 110 valence electrons. The highest BCUT2D eigenvalue weighted by Gasteiger charge is 2.19. The fourth-order valence-electron chi connectivity index (χ4n) is 2.65. The molecule has 23 heavy (non-hydrogen) atoms. The second-order valence-electron chi connectivity index (χ2n) is 5.07. The lowest BCUT2D eigenvalue weighted by Gasteiger charge is -2.07. The zero-order valence-corrected chi connectivity index (χ0v) is 12.6. The number of nitrogens with zero attached hydrogens (tertiary/aromatic N) is 4. The number of halogens is 1. The Morgan fingerprint density at radius 1 is 1.04 bits per heavy atom. The van der Waals surface area contributed by atoms with Gasteiger partial charge in [-0.25, -0.2) is 9.97 Å². The van der Waals surface area contributed by atoms with Crippen molar-refractivity contribution in [2.45, 2.75) is 0 Å². The maximum absolute atomic E-state index is 9.47. The Balaban J connectivity index is 2.17. The monoisotopic (exact) mass is 319 g/mol. The zero-order valence-electron chi connectivity index (χ0n) is 11.9. The van der Waals surface area contributed by atoms with Gasteiger partial charge in [-0.05, 0) is 30.3 Å². The lowest BCUT2D eigenvalue weighted by Crippen LogP contribution is -2.01. The highest BCUT2D eigenvalue weighted by molar-refractivity contribution is 6.30. The Labute approximate surface area is 136 Å². The smallest absolute Gasteiger partial charge is 0.167 e. The molecule has 4 rings (SSSR count). The van der Waals surface area contributed by atoms with Crippen molar-refractivity contribution >= 4 is 39.6 Å². The first-order chi connectivity index (χ1) is 11.2. The molecule has 0 bridgehead atoms. The van der Waals surface area contributed by atoms with Crippen LogP contribution in [-0.2, 0) is 0 Å². The number of nitriles is 1. The van der Waals surface area contributed by atoms with Crippen LogP contribution < -0.4 is 5.73 Å². The summed E-state index contributed by atoms with van der Waals surface area (Å²) in [6.07, 6.45) is 0. The van der Waals surface area contributed by atoms with E-state index in [4.69, 9.17) is 17.3 Å². The van der Waals surface area contributed by atoms with Crippen molar-refractivity contribution in [1.29, 1.82) is 5.26 Å². The lowest BCUT2D eigenvalue weighted by atomic mass is 10.2. The first-order valence-corrected chi connectivity index (χ1v) is 7.29. The molecule has 0 aliphatic carbocycles. The normalized spacial score (nSPS) is 11.0. The number of anilines is 1. The molecule has 6 heteroatoms. The standard InChI is InChI=1S/C17H10ClN5/c18-10-4-3-5-11(8-10)23-16(20)12(9-19)15-17(23)22-14-7-2-1-6-13(14)21-15/h1-8H,20H2. The second kappa shape index (κ2) is 4.97. The van der Waals surface area contributed by atoms with Gasteiger partial charge in [0.1, 0.15) is 23.0 Å². The van der Waals surface area contributed by atoms with Crippen molar-refractivity contribution in [2.75, 3.05) is 5.73 Å². The zero-order chi connectivity index (χ0) is 16.0. The van der Waals surface area contributed by atoms with Gasteiger partial charge in [-0.1, -0.05) is 29.8 Å². The lowest BCUT2D eigenvalue weighted by molar-refractivity contribution is 1.11. The Hall–Kier alpha value is -3.10. The molecular formula is C17H10ClN5. The first-order valence-electron chi connectivity index (χ1n) is 6.92. The molecule has 0 saturated heterocycles. The molecule has 0 aliphatic heterocycles. The van der Waals surface area contributed by atoms with E-state index in [-0.39, 0.29) is 0 Å². The molecule has 0 radical (unpaired) electrons. The SMILES string of the molecule is N#Cc1c(N)n(-c2cccc(Cl)c2)c2nc3ccccc3nc12. The maximum atomic E-state index is 9.47. The van der Waals surface area contributed by atoms with Crippen molar-refractivity contribution in [1.82, 2.24) is 14.5 Å². The number of hydrogen-bond donors (Lipinski definition) is 1. The number of nitrogen functional groups attached to an aromatic ring is 1. The van der Waals surface area contributed by atoms with Gasteiger partial charge < -0.3 is 5.73 Å². The fourth-order valence-corrected chi connectivity index (χ4v) is 2.83. The average Bonchev–Trinajstić information content (AvgIpc) is 2.83. The van der Waals surface area contributed by atoms with Crippen LogP contribution in [-0.4, -0.2) is 14.5 Å². The number of aromatic nitrogens is 3. The molecule has 0 fully saturated rings. The van der Waals surface area contributed by atoms with Gasteiger partial charge in [-0.15, -0.1) is 0 Å². The molecule has 5 nitrogen and oxygen atoms in total. The van der Waals surface area contributed by atoms with E-state index in [1.807, 2.05) is 36.4 Å². The number of benzene rings is 2. The molecule has 0 aliphatic rings. The predicted octanol–water partition coefficient (Wildman–Crippen LogP) is 3.68. The van der Waals surface area contributed by atoms with Crippen LogP contribution >= 0.6 is 11.6 Å². The van der Waals surface area contributed by atoms with Gasteiger partial charge in [0.2, 0.25) is 0 Å². The second-order valence-corrected chi connectivity index (χ2v) is 5.51. The Morgan fingerprint density at radius 3 is 2.48 bits per heavy atom. The number of hydrogen-bond acceptors (Lipinski definition) is 4. The highest BCUT2D eigenvalue weighted by Crippen LogP contribution is 2.30. The summed E-state index contributed by atoms with van der Waals surface area (Å²) in [6, 6.07) is 16.9. The summed E-state index contributed by atoms with van der Waals surface area (Å²) in [5, 5.41) is 10.0. The van der Waals surface area contributed by atoms with Crippen LogP contribution in [0.5, 0.6) is 0 Å². The number of para-hydroxylation sites is 2. The predicted molar refractivity (Wildman–Crippen MR) is 90.5 cm³/mol. The van der Waals surface area contributed by atoms with Crippen LogP contribution in [0.25, 0.3) is 27.9 Å². The van der Waals surface area contributed by atoms with E-state index in [1.165, 1.54) is 0 Å². The Morgan fingerprint density at radius 2 is 1.78 bits per heavy atom. The van der Waals surface area contributed by atoms with Crippen LogP contribution in [0.3, 0.4) is 0 Å². The van der Waals surface area contributed by atoms with Gasteiger partial charge in [0, 0.05) is 5.02 Å². The molecule has 2 aromatic heterocycles. The summed E-state index contributed by atoms with van der Waals surface area (Å²) >= 11 is 6.08. The van der Waals surface area contributed by atoms with Gasteiger partial charge in [-0.2, -0.15) is 5.26 Å². The van der Waals surface area contributed by atoms with Crippen LogP contribution in [0.2, 0.25) is 5.02 Å². The summed E-state index contributed by atoms with van der Waals surface area (Å²) in [7, 11) is 0. The van der Waals surface area contributed by atoms with Gasteiger partial charge in [0.05, 0.1) is 16.7 Å². The molecule has 0 amide bonds. The fraction of sp³-hybridized carbons (Fsp3) is 0. The molecule has 0 atom stereocenters. The van der Waals surface area contributed by atoms with Crippen molar-refractivity contribution in [3.8, 4) is 11.8 Å². The van der Waals surface area contributed by atoms with Crippen LogP contribution in [0.4, 0.5) is 5.82 Å². The average molecular weight is 320 g/mol. The molecule has 0 spiro atoms. The molecule has 2 N–H and O–H groups in total. The van der Waals surface area contributed by atoms with Crippen LogP contribution in [0.15, 0.2) is 48.5 Å². The molecule has 4 aromatic rings. The molecule has 2 heterocycles. The van der Waals surface area contributed by atoms with E-state index in [9.17, 15) is 5.26 Å². The van der Waals surface area contributed by atoms with E-state index < -0.39 is 0 Å². The van der Waals surface area contributed by atoms with Crippen molar-refractivity contribution in [3.05, 3.63) is 59.1 Å². The van der Waals surface area contributed by atoms with E-state index in [0.717, 1.165) is 16.7 Å². The molecule has 0 unspecified atom stereocenters. The minimum Gasteiger partial charge on any atom is -0.384 e. The summed E-state index contributed by atoms with van der Waals surface area (Å²) in [5.74, 6) is 0.306. The largest absolute Gasteiger partial charge is 0.384 e. The van der Waals surface area contributed by atoms with E-state index in [0.29, 0.717) is 27.6 Å². The quantitative estimate of drug-likeness (QED) is 0.580. The minimum absolute atomic E-state index is 0.306. The molecule has 0 saturated carbocycles. The highest BCUT2D eigenvalue weighted by atomic mass is 35.5. The number of rotatable bonds is 1. The van der Waals surface area contributed by atoms with Crippen molar-refractivity contribution in [3.63, 3.8) is 0 Å². The van der Waals surface area contributed by atoms with Gasteiger partial charge in [-0.3, -0.25) is 4.57 Å². The third-order valence-corrected chi connectivity index (χ3v) is 3.91. The maximum Gasteiger partial charge on any atom is 0.167 e.